The quantitative estimate of drug-likeness (QED) is 0.174. The predicted molar refractivity (Wildman–Crippen MR) is 147 cm³/mol. The molecule has 0 heterocycles. The number of hydrogen-bond acceptors (Lipinski definition) is 8. The molecule has 0 radical (unpaired) electrons. The van der Waals surface area contributed by atoms with Crippen molar-refractivity contribution in [2.45, 2.75) is 49.8 Å². The molecule has 0 saturated carbocycles. The third-order valence-electron chi connectivity index (χ3n) is 6.40. The highest BCUT2D eigenvalue weighted by atomic mass is 19.4. The number of carbonyl (C=O) groups excluding carboxylic acids is 3. The number of aliphatic hydroxyl groups is 1. The molecule has 2 aromatic rings. The Morgan fingerprint density at radius 1 is 0.909 bits per heavy atom. The van der Waals surface area contributed by atoms with Gasteiger partial charge in [-0.05, 0) is 41.8 Å². The van der Waals surface area contributed by atoms with Crippen LogP contribution in [0.5, 0.6) is 5.75 Å². The summed E-state index contributed by atoms with van der Waals surface area (Å²) in [4.78, 5) is 40.1. The second kappa shape index (κ2) is 16.4. The Hall–Kier alpha value is -3.73. The SMILES string of the molecule is NCCN(CCN)C(=O)CC[C@H](N)C(=O)N[C@H](C(=O)Cc1ccc(OCC(F)(F)F)cc1)[C@H](O)c1ccc(C(F)(F)F)cc1. The molecule has 16 heteroatoms. The van der Waals surface area contributed by atoms with Gasteiger partial charge in [0.1, 0.15) is 17.9 Å². The normalized spacial score (nSPS) is 14.0. The number of carbonyl (C=O) groups is 3. The number of ether oxygens (including phenoxy) is 1. The molecule has 0 bridgehead atoms. The van der Waals surface area contributed by atoms with E-state index >= 15 is 0 Å². The lowest BCUT2D eigenvalue weighted by Gasteiger charge is -2.26. The van der Waals surface area contributed by atoms with E-state index < -0.39 is 60.8 Å². The molecule has 0 spiro atoms. The first kappa shape index (κ1) is 36.5. The second-order valence-electron chi connectivity index (χ2n) is 9.85. The van der Waals surface area contributed by atoms with E-state index in [-0.39, 0.29) is 61.8 Å². The van der Waals surface area contributed by atoms with Crippen molar-refractivity contribution >= 4 is 17.6 Å². The molecule has 2 rings (SSSR count). The number of nitrogens with one attached hydrogen (secondary N) is 1. The number of ketones is 1. The first-order valence-electron chi connectivity index (χ1n) is 13.5. The number of nitrogens with zero attached hydrogens (tertiary/aromatic N) is 1. The number of amides is 2. The van der Waals surface area contributed by atoms with Crippen LogP contribution < -0.4 is 27.3 Å². The van der Waals surface area contributed by atoms with Crippen LogP contribution in [0.4, 0.5) is 26.3 Å². The van der Waals surface area contributed by atoms with Crippen LogP contribution in [0.15, 0.2) is 48.5 Å². The van der Waals surface area contributed by atoms with E-state index in [1.54, 1.807) is 0 Å². The van der Waals surface area contributed by atoms with Crippen LogP contribution in [0, 0.1) is 0 Å². The third-order valence-corrected chi connectivity index (χ3v) is 6.40. The van der Waals surface area contributed by atoms with Gasteiger partial charge in [-0.1, -0.05) is 24.3 Å². The van der Waals surface area contributed by atoms with Crippen molar-refractivity contribution < 1.29 is 50.6 Å². The fourth-order valence-corrected chi connectivity index (χ4v) is 4.08. The van der Waals surface area contributed by atoms with Gasteiger partial charge in [0.15, 0.2) is 12.4 Å². The monoisotopic (exact) mass is 635 g/mol. The van der Waals surface area contributed by atoms with Crippen molar-refractivity contribution in [1.29, 1.82) is 0 Å². The predicted octanol–water partition coefficient (Wildman–Crippen LogP) is 1.83. The second-order valence-corrected chi connectivity index (χ2v) is 9.85. The van der Waals surface area contributed by atoms with Gasteiger partial charge in [-0.2, -0.15) is 26.3 Å². The number of Topliss-reactive ketones (excluding diaryl/α,β-unsaturated/α-hetero) is 1. The van der Waals surface area contributed by atoms with Crippen LogP contribution in [0.25, 0.3) is 0 Å². The first-order chi connectivity index (χ1) is 20.6. The molecule has 3 atom stereocenters. The highest BCUT2D eigenvalue weighted by Gasteiger charge is 2.34. The highest BCUT2D eigenvalue weighted by Crippen LogP contribution is 2.30. The summed E-state index contributed by atoms with van der Waals surface area (Å²) in [6.45, 7) is -0.672. The summed E-state index contributed by atoms with van der Waals surface area (Å²) in [5.74, 6) is -2.17. The maximum absolute atomic E-state index is 13.3. The van der Waals surface area contributed by atoms with Crippen molar-refractivity contribution in [2.75, 3.05) is 32.8 Å². The van der Waals surface area contributed by atoms with E-state index in [1.807, 2.05) is 0 Å². The Bertz CT molecular complexity index is 1220. The Morgan fingerprint density at radius 2 is 1.48 bits per heavy atom. The zero-order valence-corrected chi connectivity index (χ0v) is 23.5. The number of aliphatic hydroxyl groups excluding tert-OH is 1. The average Bonchev–Trinajstić information content (AvgIpc) is 2.96. The summed E-state index contributed by atoms with van der Waals surface area (Å²) in [5, 5.41) is 13.3. The van der Waals surface area contributed by atoms with E-state index in [2.05, 4.69) is 10.1 Å². The van der Waals surface area contributed by atoms with Gasteiger partial charge in [-0.15, -0.1) is 0 Å². The molecule has 0 saturated heterocycles. The summed E-state index contributed by atoms with van der Waals surface area (Å²) in [5.41, 5.74) is 16.1. The minimum atomic E-state index is -4.66. The van der Waals surface area contributed by atoms with Gasteiger partial charge >= 0.3 is 12.4 Å². The van der Waals surface area contributed by atoms with E-state index in [9.17, 15) is 45.8 Å². The zero-order chi connectivity index (χ0) is 33.1. The molecule has 0 aromatic heterocycles. The summed E-state index contributed by atoms with van der Waals surface area (Å²) in [6.07, 6.45) is -11.7. The summed E-state index contributed by atoms with van der Waals surface area (Å²) >= 11 is 0. The molecular formula is C28H35F6N5O5. The summed E-state index contributed by atoms with van der Waals surface area (Å²) < 4.78 is 80.9. The topological polar surface area (TPSA) is 174 Å². The summed E-state index contributed by atoms with van der Waals surface area (Å²) in [6, 6.07) is 5.31. The lowest BCUT2D eigenvalue weighted by molar-refractivity contribution is -0.153. The Kier molecular flexibility index (Phi) is 13.6. The van der Waals surface area contributed by atoms with Gasteiger partial charge in [0.25, 0.3) is 0 Å². The van der Waals surface area contributed by atoms with E-state index in [0.717, 1.165) is 12.1 Å². The van der Waals surface area contributed by atoms with E-state index in [1.165, 1.54) is 29.2 Å². The number of alkyl halides is 6. The number of halogens is 6. The minimum absolute atomic E-state index is 0.115. The number of rotatable bonds is 16. The standard InChI is InChI=1S/C28H35F6N5O5/c29-27(30,31)16-44-20-7-1-17(2-8-20)15-22(40)24(25(42)18-3-5-19(6-4-18)28(32,33)34)38-26(43)21(37)9-10-23(41)39(13-11-35)14-12-36/h1-8,21,24-25,42H,9-16,35-37H2,(H,38,43)/t21-,24+,25+/m0/s1. The molecule has 244 valence electrons. The first-order valence-corrected chi connectivity index (χ1v) is 13.5. The van der Waals surface area contributed by atoms with Crippen molar-refractivity contribution in [3.8, 4) is 5.75 Å². The molecule has 2 aromatic carbocycles. The molecule has 0 unspecified atom stereocenters. The van der Waals surface area contributed by atoms with Gasteiger partial charge < -0.3 is 37.3 Å². The van der Waals surface area contributed by atoms with Crippen molar-refractivity contribution in [1.82, 2.24) is 10.2 Å². The smallest absolute Gasteiger partial charge is 0.422 e. The average molecular weight is 636 g/mol. The van der Waals surface area contributed by atoms with Gasteiger partial charge in [0, 0.05) is 39.0 Å². The third kappa shape index (κ3) is 11.7. The van der Waals surface area contributed by atoms with Crippen molar-refractivity contribution in [2.24, 2.45) is 17.2 Å². The molecular weight excluding hydrogens is 600 g/mol. The molecule has 10 nitrogen and oxygen atoms in total. The molecule has 0 aliphatic rings. The molecule has 0 aliphatic carbocycles. The number of benzene rings is 2. The van der Waals surface area contributed by atoms with Crippen LogP contribution in [-0.4, -0.2) is 78.6 Å². The van der Waals surface area contributed by atoms with Gasteiger partial charge in [0.05, 0.1) is 11.6 Å². The molecule has 0 fully saturated rings. The Labute approximate surface area is 249 Å². The fraction of sp³-hybridized carbons (Fsp3) is 0.464. The van der Waals surface area contributed by atoms with Gasteiger partial charge in [0.2, 0.25) is 11.8 Å². The van der Waals surface area contributed by atoms with Crippen LogP contribution in [0.2, 0.25) is 0 Å². The van der Waals surface area contributed by atoms with Crippen LogP contribution in [0.1, 0.15) is 35.6 Å². The Balaban J connectivity index is 2.21. The minimum Gasteiger partial charge on any atom is -0.484 e. The summed E-state index contributed by atoms with van der Waals surface area (Å²) in [7, 11) is 0. The van der Waals surface area contributed by atoms with Crippen LogP contribution >= 0.6 is 0 Å². The highest BCUT2D eigenvalue weighted by molar-refractivity contribution is 5.92. The van der Waals surface area contributed by atoms with E-state index in [0.29, 0.717) is 12.1 Å². The van der Waals surface area contributed by atoms with E-state index in [4.69, 9.17) is 17.2 Å². The maximum atomic E-state index is 13.3. The number of hydrogen-bond donors (Lipinski definition) is 5. The van der Waals surface area contributed by atoms with Crippen LogP contribution in [-0.2, 0) is 27.0 Å². The number of nitrogens with two attached hydrogens (primary N) is 3. The molecule has 2 amide bonds. The van der Waals surface area contributed by atoms with Gasteiger partial charge in [-0.25, -0.2) is 0 Å². The lowest BCUT2D eigenvalue weighted by atomic mass is 9.94. The van der Waals surface area contributed by atoms with Crippen LogP contribution in [0.3, 0.4) is 0 Å². The fourth-order valence-electron chi connectivity index (χ4n) is 4.08. The van der Waals surface area contributed by atoms with Crippen molar-refractivity contribution in [3.05, 3.63) is 65.2 Å². The molecule has 8 N–H and O–H groups in total. The molecule has 0 aliphatic heterocycles. The zero-order valence-electron chi connectivity index (χ0n) is 23.5. The lowest BCUT2D eigenvalue weighted by Crippen LogP contribution is -2.51. The van der Waals surface area contributed by atoms with Gasteiger partial charge in [-0.3, -0.25) is 14.4 Å². The van der Waals surface area contributed by atoms with Crippen molar-refractivity contribution in [3.63, 3.8) is 0 Å². The Morgan fingerprint density at radius 3 is 1.98 bits per heavy atom. The molecule has 44 heavy (non-hydrogen) atoms. The maximum Gasteiger partial charge on any atom is 0.422 e. The largest absolute Gasteiger partial charge is 0.484 e.